The summed E-state index contributed by atoms with van der Waals surface area (Å²) in [4.78, 5) is 4.17. The minimum absolute atomic E-state index is 0.0632. The van der Waals surface area contributed by atoms with E-state index in [9.17, 15) is 5.11 Å². The molecule has 4 nitrogen and oxygen atoms in total. The van der Waals surface area contributed by atoms with Crippen LogP contribution in [0.25, 0.3) is 0 Å². The van der Waals surface area contributed by atoms with E-state index in [-0.39, 0.29) is 12.0 Å². The Labute approximate surface area is 96.9 Å². The smallest absolute Gasteiger partial charge is 0.127 e. The number of nitrogens with one attached hydrogen (secondary N) is 1. The molecule has 0 amide bonds. The van der Waals surface area contributed by atoms with E-state index in [1.165, 1.54) is 0 Å². The second-order valence-corrected chi connectivity index (χ2v) is 4.19. The van der Waals surface area contributed by atoms with Gasteiger partial charge in [-0.3, -0.25) is 0 Å². The number of aliphatic hydroxyl groups is 1. The van der Waals surface area contributed by atoms with Gasteiger partial charge in [-0.05, 0) is 18.9 Å². The van der Waals surface area contributed by atoms with Gasteiger partial charge in [0.2, 0.25) is 0 Å². The van der Waals surface area contributed by atoms with E-state index >= 15 is 0 Å². The van der Waals surface area contributed by atoms with Gasteiger partial charge in [0.15, 0.2) is 0 Å². The van der Waals surface area contributed by atoms with Crippen LogP contribution in [0.3, 0.4) is 0 Å². The van der Waals surface area contributed by atoms with E-state index in [0.29, 0.717) is 12.2 Å². The second-order valence-electron chi connectivity index (χ2n) is 4.19. The molecule has 0 unspecified atom stereocenters. The highest BCUT2D eigenvalue weighted by Crippen LogP contribution is 2.25. The number of nitrogens with two attached hydrogens (primary N) is 1. The molecule has 1 rings (SSSR count). The lowest BCUT2D eigenvalue weighted by molar-refractivity contribution is 0.127. The zero-order valence-electron chi connectivity index (χ0n) is 10.0. The number of anilines is 2. The fourth-order valence-electron chi connectivity index (χ4n) is 1.60. The number of nitrogen functional groups attached to an aromatic ring is 1. The number of pyridine rings is 1. The maximum Gasteiger partial charge on any atom is 0.127 e. The average molecular weight is 223 g/mol. The monoisotopic (exact) mass is 223 g/mol. The van der Waals surface area contributed by atoms with E-state index in [0.717, 1.165) is 18.7 Å². The van der Waals surface area contributed by atoms with Gasteiger partial charge in [-0.1, -0.05) is 13.8 Å². The number of aromatic nitrogens is 1. The first-order valence-corrected chi connectivity index (χ1v) is 5.72. The van der Waals surface area contributed by atoms with Crippen LogP contribution in [-0.2, 0) is 0 Å². The highest BCUT2D eigenvalue weighted by molar-refractivity contribution is 5.48. The summed E-state index contributed by atoms with van der Waals surface area (Å²) < 4.78 is 0. The minimum Gasteiger partial charge on any atom is -0.399 e. The van der Waals surface area contributed by atoms with E-state index in [4.69, 9.17) is 5.73 Å². The molecule has 4 N–H and O–H groups in total. The van der Waals surface area contributed by atoms with Gasteiger partial charge in [-0.25, -0.2) is 4.98 Å². The summed E-state index contributed by atoms with van der Waals surface area (Å²) in [6.07, 6.45) is 3.56. The molecule has 0 saturated heterocycles. The van der Waals surface area contributed by atoms with Crippen LogP contribution in [0.2, 0.25) is 0 Å². The van der Waals surface area contributed by atoms with Crippen molar-refractivity contribution in [1.29, 1.82) is 0 Å². The van der Waals surface area contributed by atoms with Gasteiger partial charge in [0.25, 0.3) is 0 Å². The third-order valence-corrected chi connectivity index (χ3v) is 3.26. The summed E-state index contributed by atoms with van der Waals surface area (Å²) in [6.45, 7) is 5.09. The molecule has 0 bridgehead atoms. The Morgan fingerprint density at radius 2 is 2.12 bits per heavy atom. The number of aliphatic hydroxyl groups excluding tert-OH is 1. The van der Waals surface area contributed by atoms with Crippen LogP contribution < -0.4 is 11.1 Å². The topological polar surface area (TPSA) is 71.2 Å². The Balaban J connectivity index is 2.62. The molecule has 0 aliphatic heterocycles. The van der Waals surface area contributed by atoms with Gasteiger partial charge in [-0.15, -0.1) is 0 Å². The van der Waals surface area contributed by atoms with E-state index in [1.807, 2.05) is 0 Å². The molecule has 4 heteroatoms. The summed E-state index contributed by atoms with van der Waals surface area (Å²) in [6, 6.07) is 3.55. The van der Waals surface area contributed by atoms with Crippen molar-refractivity contribution in [2.75, 3.05) is 24.2 Å². The zero-order valence-corrected chi connectivity index (χ0v) is 10.0. The summed E-state index contributed by atoms with van der Waals surface area (Å²) in [7, 11) is 0. The van der Waals surface area contributed by atoms with Gasteiger partial charge in [0.05, 0.1) is 6.61 Å². The van der Waals surface area contributed by atoms with E-state index in [2.05, 4.69) is 24.1 Å². The predicted octanol–water partition coefficient (Wildman–Crippen LogP) is 1.87. The minimum atomic E-state index is -0.0632. The van der Waals surface area contributed by atoms with Crippen molar-refractivity contribution >= 4 is 11.5 Å². The van der Waals surface area contributed by atoms with Crippen molar-refractivity contribution in [2.45, 2.75) is 26.7 Å². The van der Waals surface area contributed by atoms with Gasteiger partial charge in [0, 0.05) is 29.9 Å². The lowest BCUT2D eigenvalue weighted by atomic mass is 9.83. The average Bonchev–Trinajstić information content (AvgIpc) is 2.32. The Bertz CT molecular complexity index is 316. The largest absolute Gasteiger partial charge is 0.399 e. The first-order valence-electron chi connectivity index (χ1n) is 5.72. The third-order valence-electron chi connectivity index (χ3n) is 3.26. The predicted molar refractivity (Wildman–Crippen MR) is 67.2 cm³/mol. The summed E-state index contributed by atoms with van der Waals surface area (Å²) in [5, 5.41) is 12.7. The van der Waals surface area contributed by atoms with Crippen molar-refractivity contribution in [1.82, 2.24) is 4.98 Å². The molecule has 0 aliphatic rings. The van der Waals surface area contributed by atoms with Gasteiger partial charge < -0.3 is 16.2 Å². The summed E-state index contributed by atoms with van der Waals surface area (Å²) in [5.41, 5.74) is 6.30. The Morgan fingerprint density at radius 1 is 1.44 bits per heavy atom. The van der Waals surface area contributed by atoms with Crippen LogP contribution in [-0.4, -0.2) is 23.2 Å². The SMILES string of the molecule is CCC(CC)(CO)CNc1cc(N)ccn1. The third kappa shape index (κ3) is 3.10. The fraction of sp³-hybridized carbons (Fsp3) is 0.583. The lowest BCUT2D eigenvalue weighted by Crippen LogP contribution is -2.32. The van der Waals surface area contributed by atoms with Crippen LogP contribution in [0.5, 0.6) is 0 Å². The zero-order chi connectivity index (χ0) is 12.0. The van der Waals surface area contributed by atoms with Crippen molar-refractivity contribution in [3.63, 3.8) is 0 Å². The van der Waals surface area contributed by atoms with Crippen LogP contribution in [0, 0.1) is 5.41 Å². The van der Waals surface area contributed by atoms with Crippen LogP contribution in [0.1, 0.15) is 26.7 Å². The van der Waals surface area contributed by atoms with Gasteiger partial charge >= 0.3 is 0 Å². The van der Waals surface area contributed by atoms with Crippen molar-refractivity contribution in [2.24, 2.45) is 5.41 Å². The maximum absolute atomic E-state index is 9.42. The Kier molecular flexibility index (Phi) is 4.55. The number of nitrogens with zero attached hydrogens (tertiary/aromatic N) is 1. The van der Waals surface area contributed by atoms with Gasteiger partial charge in [-0.2, -0.15) is 0 Å². The highest BCUT2D eigenvalue weighted by atomic mass is 16.3. The van der Waals surface area contributed by atoms with Crippen molar-refractivity contribution < 1.29 is 5.11 Å². The molecular formula is C12H21N3O. The number of hydrogen-bond donors (Lipinski definition) is 3. The molecule has 0 atom stereocenters. The molecule has 0 radical (unpaired) electrons. The normalized spacial score (nSPS) is 11.4. The first-order chi connectivity index (χ1) is 7.65. The molecule has 16 heavy (non-hydrogen) atoms. The second kappa shape index (κ2) is 5.70. The van der Waals surface area contributed by atoms with Crippen molar-refractivity contribution in [3.8, 4) is 0 Å². The van der Waals surface area contributed by atoms with Gasteiger partial charge in [0.1, 0.15) is 5.82 Å². The van der Waals surface area contributed by atoms with Crippen LogP contribution >= 0.6 is 0 Å². The standard InChI is InChI=1S/C12H21N3O/c1-3-12(4-2,9-16)8-15-11-7-10(13)5-6-14-11/h5-7,16H,3-4,8-9H2,1-2H3,(H3,13,14,15). The molecule has 0 saturated carbocycles. The van der Waals surface area contributed by atoms with Crippen molar-refractivity contribution in [3.05, 3.63) is 18.3 Å². The molecule has 0 spiro atoms. The molecular weight excluding hydrogens is 202 g/mol. The molecule has 0 aliphatic carbocycles. The fourth-order valence-corrected chi connectivity index (χ4v) is 1.60. The molecule has 0 aromatic carbocycles. The molecule has 0 fully saturated rings. The Hall–Kier alpha value is -1.29. The van der Waals surface area contributed by atoms with E-state index < -0.39 is 0 Å². The molecule has 1 aromatic heterocycles. The molecule has 90 valence electrons. The van der Waals surface area contributed by atoms with Crippen LogP contribution in [0.15, 0.2) is 18.3 Å². The summed E-state index contributed by atoms with van der Waals surface area (Å²) in [5.74, 6) is 0.764. The first kappa shape index (κ1) is 12.8. The lowest BCUT2D eigenvalue weighted by Gasteiger charge is -2.29. The number of rotatable bonds is 6. The maximum atomic E-state index is 9.42. The quantitative estimate of drug-likeness (QED) is 0.688. The number of hydrogen-bond acceptors (Lipinski definition) is 4. The van der Waals surface area contributed by atoms with E-state index in [1.54, 1.807) is 18.3 Å². The highest BCUT2D eigenvalue weighted by Gasteiger charge is 2.24. The Morgan fingerprint density at radius 3 is 2.62 bits per heavy atom. The molecule has 1 heterocycles. The summed E-state index contributed by atoms with van der Waals surface area (Å²) >= 11 is 0. The van der Waals surface area contributed by atoms with Crippen LogP contribution in [0.4, 0.5) is 11.5 Å². The molecule has 1 aromatic rings.